The molecule has 6 nitrogen and oxygen atoms in total. The Hall–Kier alpha value is -0.800. The van der Waals surface area contributed by atoms with Gasteiger partial charge >= 0.3 is 21.3 Å². The number of carbonyl (C=O) groups excluding carboxylic acids is 1. The number of hydrogen-bond acceptors (Lipinski definition) is 5. The SMILES string of the molecule is CC(C)(O)C12CC3CC(CC(OC(=O)C(F)(F)S(=O)(=O)O)(C3)C1)C2. The van der Waals surface area contributed by atoms with Crippen LogP contribution < -0.4 is 0 Å². The predicted octanol–water partition coefficient (Wildman–Crippen LogP) is 2.12. The maximum Gasteiger partial charge on any atom is 0.465 e. The van der Waals surface area contributed by atoms with Gasteiger partial charge in [-0.1, -0.05) is 0 Å². The number of halogens is 2. The van der Waals surface area contributed by atoms with Gasteiger partial charge in [-0.2, -0.15) is 17.2 Å². The second kappa shape index (κ2) is 4.88. The fraction of sp³-hybridized carbons (Fsp3) is 0.933. The van der Waals surface area contributed by atoms with Gasteiger partial charge in [-0.05, 0) is 64.2 Å². The van der Waals surface area contributed by atoms with Crippen LogP contribution >= 0.6 is 0 Å². The third kappa shape index (κ3) is 2.55. The molecule has 2 unspecified atom stereocenters. The third-order valence-electron chi connectivity index (χ3n) is 6.18. The zero-order chi connectivity index (χ0) is 18.2. The van der Waals surface area contributed by atoms with Crippen molar-refractivity contribution >= 4 is 16.1 Å². The quantitative estimate of drug-likeness (QED) is 0.582. The van der Waals surface area contributed by atoms with Gasteiger partial charge < -0.3 is 9.84 Å². The molecule has 0 aromatic carbocycles. The number of rotatable bonds is 4. The molecule has 4 rings (SSSR count). The summed E-state index contributed by atoms with van der Waals surface area (Å²) in [5, 5.41) is 5.61. The molecule has 9 heteroatoms. The van der Waals surface area contributed by atoms with Gasteiger partial charge in [0.2, 0.25) is 0 Å². The highest BCUT2D eigenvalue weighted by Crippen LogP contribution is 2.66. The van der Waals surface area contributed by atoms with E-state index in [1.54, 1.807) is 13.8 Å². The van der Waals surface area contributed by atoms with Crippen molar-refractivity contribution in [3.63, 3.8) is 0 Å². The lowest BCUT2D eigenvalue weighted by atomic mass is 9.44. The molecule has 0 aromatic heterocycles. The van der Waals surface area contributed by atoms with Crippen molar-refractivity contribution in [2.75, 3.05) is 0 Å². The minimum Gasteiger partial charge on any atom is -0.454 e. The minimum atomic E-state index is -5.89. The van der Waals surface area contributed by atoms with Crippen LogP contribution in [0, 0.1) is 17.3 Å². The first-order chi connectivity index (χ1) is 10.7. The molecule has 0 aliphatic heterocycles. The molecular weight excluding hydrogens is 346 g/mol. The van der Waals surface area contributed by atoms with Gasteiger partial charge in [0, 0.05) is 5.41 Å². The Morgan fingerprint density at radius 3 is 2.08 bits per heavy atom. The van der Waals surface area contributed by atoms with Crippen molar-refractivity contribution in [3.8, 4) is 0 Å². The number of ether oxygens (including phenoxy) is 1. The first-order valence-corrected chi connectivity index (χ1v) is 9.44. The predicted molar refractivity (Wildman–Crippen MR) is 78.7 cm³/mol. The maximum atomic E-state index is 13.6. The largest absolute Gasteiger partial charge is 0.465 e. The lowest BCUT2D eigenvalue weighted by Gasteiger charge is -2.64. The van der Waals surface area contributed by atoms with Gasteiger partial charge in [-0.15, -0.1) is 0 Å². The van der Waals surface area contributed by atoms with Crippen LogP contribution in [0.1, 0.15) is 52.4 Å². The average molecular weight is 368 g/mol. The summed E-state index contributed by atoms with van der Waals surface area (Å²) in [5.74, 6) is -1.95. The summed E-state index contributed by atoms with van der Waals surface area (Å²) in [7, 11) is -5.89. The van der Waals surface area contributed by atoms with Gasteiger partial charge in [0.1, 0.15) is 5.60 Å². The highest BCUT2D eigenvalue weighted by Gasteiger charge is 2.65. The maximum absolute atomic E-state index is 13.6. The van der Waals surface area contributed by atoms with Crippen LogP contribution in [0.2, 0.25) is 0 Å². The number of hydrogen-bond donors (Lipinski definition) is 2. The number of carbonyl (C=O) groups is 1. The first kappa shape index (κ1) is 18.0. The molecule has 24 heavy (non-hydrogen) atoms. The van der Waals surface area contributed by atoms with Crippen LogP contribution in [0.5, 0.6) is 0 Å². The summed E-state index contributed by atoms with van der Waals surface area (Å²) in [6.45, 7) is 3.34. The molecule has 0 spiro atoms. The molecule has 138 valence electrons. The lowest BCUT2D eigenvalue weighted by Crippen LogP contribution is -2.63. The summed E-state index contributed by atoms with van der Waals surface area (Å²) >= 11 is 0. The topological polar surface area (TPSA) is 101 Å². The van der Waals surface area contributed by atoms with Gasteiger partial charge in [0.05, 0.1) is 5.60 Å². The molecule has 2 atom stereocenters. The lowest BCUT2D eigenvalue weighted by molar-refractivity contribution is -0.240. The van der Waals surface area contributed by atoms with E-state index < -0.39 is 38.0 Å². The van der Waals surface area contributed by atoms with Gasteiger partial charge in [-0.25, -0.2) is 4.79 Å². The minimum absolute atomic E-state index is 0.143. The Balaban J connectivity index is 1.90. The Morgan fingerprint density at radius 2 is 1.67 bits per heavy atom. The summed E-state index contributed by atoms with van der Waals surface area (Å²) in [6.07, 6.45) is 3.36. The molecule has 4 bridgehead atoms. The summed E-state index contributed by atoms with van der Waals surface area (Å²) < 4.78 is 62.3. The van der Waals surface area contributed by atoms with Gasteiger partial charge in [0.15, 0.2) is 0 Å². The van der Waals surface area contributed by atoms with Crippen LogP contribution in [-0.2, 0) is 19.6 Å². The third-order valence-corrected chi connectivity index (χ3v) is 6.99. The van der Waals surface area contributed by atoms with Crippen molar-refractivity contribution in [3.05, 3.63) is 0 Å². The zero-order valence-electron chi connectivity index (χ0n) is 13.6. The van der Waals surface area contributed by atoms with E-state index in [-0.39, 0.29) is 18.3 Å². The molecule has 2 N–H and O–H groups in total. The molecular formula is C15H22F2O6S. The molecule has 4 aliphatic carbocycles. The van der Waals surface area contributed by atoms with Crippen molar-refractivity contribution in [1.29, 1.82) is 0 Å². The van der Waals surface area contributed by atoms with Crippen LogP contribution in [-0.4, -0.2) is 40.5 Å². The highest BCUT2D eigenvalue weighted by atomic mass is 32.2. The average Bonchev–Trinajstić information content (AvgIpc) is 2.33. The van der Waals surface area contributed by atoms with E-state index in [0.29, 0.717) is 12.8 Å². The molecule has 0 aromatic rings. The Bertz CT molecular complexity index is 652. The molecule has 4 saturated carbocycles. The number of aliphatic hydroxyl groups is 1. The van der Waals surface area contributed by atoms with Crippen LogP contribution in [0.15, 0.2) is 0 Å². The van der Waals surface area contributed by atoms with Crippen LogP contribution in [0.25, 0.3) is 0 Å². The Morgan fingerprint density at radius 1 is 1.17 bits per heavy atom. The first-order valence-electron chi connectivity index (χ1n) is 8.00. The number of esters is 1. The van der Waals surface area contributed by atoms with E-state index in [0.717, 1.165) is 19.3 Å². The molecule has 4 aliphatic rings. The molecule has 0 radical (unpaired) electrons. The number of alkyl halides is 2. The fourth-order valence-corrected chi connectivity index (χ4v) is 5.63. The van der Waals surface area contributed by atoms with Crippen molar-refractivity contribution in [2.24, 2.45) is 17.3 Å². The molecule has 0 heterocycles. The van der Waals surface area contributed by atoms with Crippen molar-refractivity contribution in [1.82, 2.24) is 0 Å². The molecule has 0 saturated heterocycles. The van der Waals surface area contributed by atoms with Gasteiger partial charge in [0.25, 0.3) is 0 Å². The highest BCUT2D eigenvalue weighted by molar-refractivity contribution is 7.87. The summed E-state index contributed by atoms with van der Waals surface area (Å²) in [4.78, 5) is 11.8. The Labute approximate surface area is 139 Å². The summed E-state index contributed by atoms with van der Waals surface area (Å²) in [6, 6.07) is 0. The normalized spacial score (nSPS) is 39.1. The molecule has 0 amide bonds. The van der Waals surface area contributed by atoms with Crippen LogP contribution in [0.4, 0.5) is 8.78 Å². The van der Waals surface area contributed by atoms with E-state index in [1.165, 1.54) is 0 Å². The standard InChI is InChI=1S/C15H22F2O6S/c1-12(2,19)13-4-9-3-10(5-13)7-14(6-9,8-13)23-11(18)15(16,17)24(20,21)22/h9-10,19H,3-8H2,1-2H3,(H,20,21,22). The van der Waals surface area contributed by atoms with Crippen molar-refractivity contribution in [2.45, 2.75) is 68.8 Å². The van der Waals surface area contributed by atoms with Crippen molar-refractivity contribution < 1.29 is 36.4 Å². The van der Waals surface area contributed by atoms with Gasteiger partial charge in [-0.3, -0.25) is 4.55 Å². The second-order valence-corrected chi connectivity index (χ2v) is 9.83. The van der Waals surface area contributed by atoms with E-state index in [1.807, 2.05) is 0 Å². The van der Waals surface area contributed by atoms with E-state index >= 15 is 0 Å². The van der Waals surface area contributed by atoms with E-state index in [2.05, 4.69) is 0 Å². The second-order valence-electron chi connectivity index (χ2n) is 8.36. The smallest absolute Gasteiger partial charge is 0.454 e. The molecule has 4 fully saturated rings. The van der Waals surface area contributed by atoms with E-state index in [9.17, 15) is 27.1 Å². The summed E-state index contributed by atoms with van der Waals surface area (Å²) in [5.41, 5.74) is -2.80. The zero-order valence-corrected chi connectivity index (χ0v) is 14.4. The van der Waals surface area contributed by atoms with Crippen LogP contribution in [0.3, 0.4) is 0 Å². The monoisotopic (exact) mass is 368 g/mol. The van der Waals surface area contributed by atoms with E-state index in [4.69, 9.17) is 9.29 Å². The fourth-order valence-electron chi connectivity index (χ4n) is 5.38. The Kier molecular flexibility index (Phi) is 3.66.